The van der Waals surface area contributed by atoms with Crippen LogP contribution in [0.25, 0.3) is 0 Å². The second-order valence-corrected chi connectivity index (χ2v) is 4.12. The lowest BCUT2D eigenvalue weighted by atomic mass is 9.97. The van der Waals surface area contributed by atoms with Crippen LogP contribution in [-0.2, 0) is 4.79 Å². The highest BCUT2D eigenvalue weighted by Gasteiger charge is 2.26. The molecule has 0 aliphatic carbocycles. The van der Waals surface area contributed by atoms with E-state index >= 15 is 0 Å². The van der Waals surface area contributed by atoms with Gasteiger partial charge in [-0.1, -0.05) is 0 Å². The first-order valence-corrected chi connectivity index (χ1v) is 5.78. The van der Waals surface area contributed by atoms with Crippen LogP contribution in [0.1, 0.15) is 18.4 Å². The van der Waals surface area contributed by atoms with Crippen LogP contribution < -0.4 is 20.1 Å². The predicted molar refractivity (Wildman–Crippen MR) is 71.5 cm³/mol. The van der Waals surface area contributed by atoms with Crippen LogP contribution in [0.5, 0.6) is 17.2 Å². The predicted octanol–water partition coefficient (Wildman–Crippen LogP) is 1.15. The maximum absolute atomic E-state index is 12.0. The molecular formula is C13H20N2O4. The number of carbonyl (C=O) groups excluding carboxylic acids is 1. The van der Waals surface area contributed by atoms with Gasteiger partial charge in [0.05, 0.1) is 27.2 Å². The number of hydrogen-bond donors (Lipinski definition) is 1. The first-order chi connectivity index (χ1) is 8.96. The molecule has 0 fully saturated rings. The highest BCUT2D eigenvalue weighted by molar-refractivity contribution is 5.84. The van der Waals surface area contributed by atoms with Crippen molar-refractivity contribution in [1.82, 2.24) is 5.01 Å². The number of amides is 1. The molecule has 0 heterocycles. The monoisotopic (exact) mass is 268 g/mol. The Morgan fingerprint density at radius 3 is 1.95 bits per heavy atom. The lowest BCUT2D eigenvalue weighted by Crippen LogP contribution is -2.36. The van der Waals surface area contributed by atoms with Crippen molar-refractivity contribution in [3.63, 3.8) is 0 Å². The zero-order chi connectivity index (χ0) is 14.6. The van der Waals surface area contributed by atoms with Gasteiger partial charge in [0.25, 0.3) is 0 Å². The number of nitrogens with zero attached hydrogens (tertiary/aromatic N) is 1. The average Bonchev–Trinajstić information content (AvgIpc) is 2.43. The summed E-state index contributed by atoms with van der Waals surface area (Å²) < 4.78 is 15.8. The van der Waals surface area contributed by atoms with Gasteiger partial charge < -0.3 is 14.2 Å². The van der Waals surface area contributed by atoms with E-state index in [1.54, 1.807) is 26.2 Å². The molecule has 0 aliphatic rings. The van der Waals surface area contributed by atoms with Crippen molar-refractivity contribution in [3.8, 4) is 17.2 Å². The maximum atomic E-state index is 12.0. The zero-order valence-electron chi connectivity index (χ0n) is 11.9. The molecule has 106 valence electrons. The van der Waals surface area contributed by atoms with E-state index in [-0.39, 0.29) is 5.91 Å². The fourth-order valence-electron chi connectivity index (χ4n) is 1.89. The minimum atomic E-state index is -0.481. The number of hydrogen-bond acceptors (Lipinski definition) is 5. The van der Waals surface area contributed by atoms with Gasteiger partial charge in [-0.2, -0.15) is 0 Å². The summed E-state index contributed by atoms with van der Waals surface area (Å²) in [6, 6.07) is 3.41. The Morgan fingerprint density at radius 1 is 1.16 bits per heavy atom. The normalized spacial score (nSPS) is 11.7. The van der Waals surface area contributed by atoms with Crippen molar-refractivity contribution in [2.45, 2.75) is 12.8 Å². The molecule has 0 radical (unpaired) electrons. The van der Waals surface area contributed by atoms with Crippen molar-refractivity contribution < 1.29 is 19.0 Å². The molecule has 6 nitrogen and oxygen atoms in total. The molecule has 1 atom stereocenters. The van der Waals surface area contributed by atoms with Crippen LogP contribution in [0.15, 0.2) is 12.1 Å². The smallest absolute Gasteiger partial charge is 0.243 e. The SMILES string of the molecule is COc1cc(OC)c(C(C)C(=O)N(C)N)c(OC)c1. The van der Waals surface area contributed by atoms with E-state index in [0.717, 1.165) is 5.01 Å². The molecule has 0 aliphatic heterocycles. The summed E-state index contributed by atoms with van der Waals surface area (Å²) in [5.41, 5.74) is 0.646. The zero-order valence-corrected chi connectivity index (χ0v) is 11.9. The fraction of sp³-hybridized carbons (Fsp3) is 0.462. The summed E-state index contributed by atoms with van der Waals surface area (Å²) in [5.74, 6) is 6.42. The molecule has 0 saturated heterocycles. The first kappa shape index (κ1) is 15.1. The Balaban J connectivity index is 3.35. The van der Waals surface area contributed by atoms with Crippen molar-refractivity contribution in [3.05, 3.63) is 17.7 Å². The molecule has 0 bridgehead atoms. The van der Waals surface area contributed by atoms with Gasteiger partial charge in [-0.3, -0.25) is 9.80 Å². The summed E-state index contributed by atoms with van der Waals surface area (Å²) in [7, 11) is 6.11. The van der Waals surface area contributed by atoms with E-state index in [2.05, 4.69) is 0 Å². The van der Waals surface area contributed by atoms with Crippen LogP contribution in [0.2, 0.25) is 0 Å². The molecule has 0 spiro atoms. The minimum absolute atomic E-state index is 0.234. The highest BCUT2D eigenvalue weighted by atomic mass is 16.5. The maximum Gasteiger partial charge on any atom is 0.243 e. The number of likely N-dealkylation sites (N-methyl/N-ethyl adjacent to an activating group) is 1. The van der Waals surface area contributed by atoms with Gasteiger partial charge in [0, 0.05) is 24.7 Å². The van der Waals surface area contributed by atoms with Crippen molar-refractivity contribution >= 4 is 5.91 Å². The third kappa shape index (κ3) is 3.08. The molecule has 0 aromatic heterocycles. The van der Waals surface area contributed by atoms with Crippen LogP contribution >= 0.6 is 0 Å². The van der Waals surface area contributed by atoms with Crippen LogP contribution in [0, 0.1) is 0 Å². The molecule has 1 rings (SSSR count). The Kier molecular flexibility index (Phi) is 5.00. The lowest BCUT2D eigenvalue weighted by molar-refractivity contribution is -0.131. The van der Waals surface area contributed by atoms with E-state index in [4.69, 9.17) is 20.1 Å². The van der Waals surface area contributed by atoms with E-state index in [0.29, 0.717) is 22.8 Å². The molecule has 19 heavy (non-hydrogen) atoms. The quantitative estimate of drug-likeness (QED) is 0.492. The van der Waals surface area contributed by atoms with E-state index in [1.807, 2.05) is 0 Å². The second kappa shape index (κ2) is 6.29. The van der Waals surface area contributed by atoms with Crippen molar-refractivity contribution in [1.29, 1.82) is 0 Å². The summed E-state index contributed by atoms with van der Waals surface area (Å²) >= 11 is 0. The van der Waals surface area contributed by atoms with Crippen LogP contribution in [0.3, 0.4) is 0 Å². The largest absolute Gasteiger partial charge is 0.496 e. The number of carbonyl (C=O) groups is 1. The minimum Gasteiger partial charge on any atom is -0.496 e. The third-order valence-electron chi connectivity index (χ3n) is 2.90. The van der Waals surface area contributed by atoms with Gasteiger partial charge >= 0.3 is 0 Å². The summed E-state index contributed by atoms with van der Waals surface area (Å²) in [6.45, 7) is 1.75. The fourth-order valence-corrected chi connectivity index (χ4v) is 1.89. The highest BCUT2D eigenvalue weighted by Crippen LogP contribution is 2.39. The van der Waals surface area contributed by atoms with Crippen LogP contribution in [-0.4, -0.2) is 39.3 Å². The second-order valence-electron chi connectivity index (χ2n) is 4.12. The summed E-state index contributed by atoms with van der Waals surface area (Å²) in [6.07, 6.45) is 0. The number of benzene rings is 1. The van der Waals surface area contributed by atoms with E-state index < -0.39 is 5.92 Å². The molecular weight excluding hydrogens is 248 g/mol. The average molecular weight is 268 g/mol. The number of nitrogens with two attached hydrogens (primary N) is 1. The van der Waals surface area contributed by atoms with Crippen LogP contribution in [0.4, 0.5) is 0 Å². The van der Waals surface area contributed by atoms with Gasteiger partial charge in [-0.05, 0) is 6.92 Å². The summed E-state index contributed by atoms with van der Waals surface area (Å²) in [5, 5.41) is 1.05. The first-order valence-electron chi connectivity index (χ1n) is 5.78. The number of hydrazine groups is 1. The molecule has 1 aromatic carbocycles. The number of methoxy groups -OCH3 is 3. The molecule has 1 unspecified atom stereocenters. The number of ether oxygens (including phenoxy) is 3. The summed E-state index contributed by atoms with van der Waals surface area (Å²) in [4.78, 5) is 12.0. The Morgan fingerprint density at radius 2 is 1.63 bits per heavy atom. The Labute approximate surface area is 113 Å². The van der Waals surface area contributed by atoms with Crippen molar-refractivity contribution in [2.75, 3.05) is 28.4 Å². The third-order valence-corrected chi connectivity index (χ3v) is 2.90. The van der Waals surface area contributed by atoms with E-state index in [9.17, 15) is 4.79 Å². The molecule has 2 N–H and O–H groups in total. The molecule has 0 saturated carbocycles. The van der Waals surface area contributed by atoms with Gasteiger partial charge in [0.15, 0.2) is 0 Å². The molecule has 1 aromatic rings. The number of rotatable bonds is 5. The van der Waals surface area contributed by atoms with Crippen molar-refractivity contribution in [2.24, 2.45) is 5.84 Å². The van der Waals surface area contributed by atoms with Gasteiger partial charge in [-0.25, -0.2) is 5.84 Å². The standard InChI is InChI=1S/C13H20N2O4/c1-8(13(16)15(2)14)12-10(18-4)6-9(17-3)7-11(12)19-5/h6-8H,14H2,1-5H3. The van der Waals surface area contributed by atoms with Gasteiger partial charge in [0.1, 0.15) is 17.2 Å². The van der Waals surface area contributed by atoms with E-state index in [1.165, 1.54) is 21.3 Å². The molecule has 6 heteroatoms. The molecule has 1 amide bonds. The Bertz CT molecular complexity index is 435. The Hall–Kier alpha value is -1.95. The topological polar surface area (TPSA) is 74.0 Å². The van der Waals surface area contributed by atoms with Gasteiger partial charge in [-0.15, -0.1) is 0 Å². The van der Waals surface area contributed by atoms with Gasteiger partial charge in [0.2, 0.25) is 5.91 Å². The lowest BCUT2D eigenvalue weighted by Gasteiger charge is -2.21.